The van der Waals surface area contributed by atoms with Gasteiger partial charge in [0.15, 0.2) is 0 Å². The molecule has 0 aliphatic rings. The Bertz CT molecular complexity index is 1110. The first-order valence-corrected chi connectivity index (χ1v) is 9.88. The second-order valence-corrected chi connectivity index (χ2v) is 7.26. The molecule has 0 spiro atoms. The van der Waals surface area contributed by atoms with Crippen LogP contribution in [0.15, 0.2) is 82.0 Å². The highest BCUT2D eigenvalue weighted by atomic mass is 16.3. The van der Waals surface area contributed by atoms with Crippen LogP contribution in [0.4, 0.5) is 11.4 Å². The van der Waals surface area contributed by atoms with E-state index in [0.717, 1.165) is 28.9 Å². The molecule has 2 amide bonds. The van der Waals surface area contributed by atoms with Crippen molar-refractivity contribution in [1.82, 2.24) is 0 Å². The van der Waals surface area contributed by atoms with Gasteiger partial charge in [0.25, 0.3) is 11.8 Å². The van der Waals surface area contributed by atoms with Crippen LogP contribution < -0.4 is 10.6 Å². The molecule has 0 bridgehead atoms. The van der Waals surface area contributed by atoms with Crippen LogP contribution in [-0.2, 0) is 6.42 Å². The van der Waals surface area contributed by atoms with Gasteiger partial charge in [-0.3, -0.25) is 9.59 Å². The lowest BCUT2D eigenvalue weighted by atomic mass is 10.0. The first-order chi connectivity index (χ1) is 15.0. The molecule has 4 aromatic rings. The zero-order chi connectivity index (χ0) is 21.8. The number of anilines is 2. The van der Waals surface area contributed by atoms with E-state index in [1.807, 2.05) is 48.5 Å². The Labute approximate surface area is 179 Å². The number of carbonyl (C=O) groups excluding carboxylic acids is 2. The average Bonchev–Trinajstić information content (AvgIpc) is 3.39. The van der Waals surface area contributed by atoms with Crippen molar-refractivity contribution in [3.63, 3.8) is 0 Å². The maximum absolute atomic E-state index is 12.3. The number of hydrogen-bond acceptors (Lipinski definition) is 4. The Morgan fingerprint density at radius 2 is 1.03 bits per heavy atom. The van der Waals surface area contributed by atoms with Gasteiger partial charge in [-0.2, -0.15) is 0 Å². The molecule has 2 aromatic carbocycles. The van der Waals surface area contributed by atoms with Crippen LogP contribution in [0.1, 0.15) is 43.4 Å². The number of hydrogen-bond donors (Lipinski definition) is 2. The number of nitrogens with one attached hydrogen (secondary N) is 2. The monoisotopic (exact) mass is 414 g/mol. The zero-order valence-electron chi connectivity index (χ0n) is 17.3. The molecule has 2 heterocycles. The number of carbonyl (C=O) groups is 2. The van der Waals surface area contributed by atoms with E-state index in [0.29, 0.717) is 22.6 Å². The van der Waals surface area contributed by atoms with Crippen LogP contribution in [-0.4, -0.2) is 11.8 Å². The molecule has 4 rings (SSSR count). The quantitative estimate of drug-likeness (QED) is 0.431. The summed E-state index contributed by atoms with van der Waals surface area (Å²) in [5.74, 6) is 0.798. The summed E-state index contributed by atoms with van der Waals surface area (Å²) in [5, 5.41) is 5.74. The third kappa shape index (κ3) is 4.75. The van der Waals surface area contributed by atoms with E-state index in [4.69, 9.17) is 8.83 Å². The molecular formula is C25H22N2O4. The van der Waals surface area contributed by atoms with Crippen molar-refractivity contribution in [1.29, 1.82) is 0 Å². The van der Waals surface area contributed by atoms with E-state index in [9.17, 15) is 9.59 Å². The molecule has 2 aromatic heterocycles. The second kappa shape index (κ2) is 8.75. The lowest BCUT2D eigenvalue weighted by molar-refractivity contribution is 0.101. The Kier molecular flexibility index (Phi) is 5.71. The minimum atomic E-state index is -0.192. The predicted octanol–water partition coefficient (Wildman–Crippen LogP) is 5.58. The maximum Gasteiger partial charge on any atom is 0.259 e. The second-order valence-electron chi connectivity index (χ2n) is 7.26. The lowest BCUT2D eigenvalue weighted by Crippen LogP contribution is -2.12. The highest BCUT2D eigenvalue weighted by Crippen LogP contribution is 2.18. The number of furan rings is 2. The Hall–Kier alpha value is -4.06. The molecule has 0 saturated carbocycles. The Morgan fingerprint density at radius 1 is 0.645 bits per heavy atom. The standard InChI is InChI=1S/C25H22N2O4/c1-16-22(11-13-30-16)24(28)26-20-7-3-18(4-8-20)15-19-5-9-21(10-6-19)27-25(29)23-12-14-31-17(23)2/h3-14H,15H2,1-2H3,(H,26,28)(H,27,29). The van der Waals surface area contributed by atoms with Gasteiger partial charge < -0.3 is 19.5 Å². The van der Waals surface area contributed by atoms with Crippen molar-refractivity contribution >= 4 is 23.2 Å². The van der Waals surface area contributed by atoms with Gasteiger partial charge in [-0.05, 0) is 67.8 Å². The van der Waals surface area contributed by atoms with Crippen LogP contribution in [0.3, 0.4) is 0 Å². The number of amides is 2. The highest BCUT2D eigenvalue weighted by Gasteiger charge is 2.12. The summed E-state index contributed by atoms with van der Waals surface area (Å²) < 4.78 is 10.3. The average molecular weight is 414 g/mol. The van der Waals surface area contributed by atoms with Gasteiger partial charge >= 0.3 is 0 Å². The summed E-state index contributed by atoms with van der Waals surface area (Å²) in [6.45, 7) is 3.51. The molecule has 0 saturated heterocycles. The van der Waals surface area contributed by atoms with Crippen molar-refractivity contribution in [2.45, 2.75) is 20.3 Å². The number of benzene rings is 2. The summed E-state index contributed by atoms with van der Waals surface area (Å²) in [7, 11) is 0. The third-order valence-corrected chi connectivity index (χ3v) is 5.04. The fraction of sp³-hybridized carbons (Fsp3) is 0.120. The predicted molar refractivity (Wildman–Crippen MR) is 118 cm³/mol. The molecule has 0 unspecified atom stereocenters. The molecule has 0 radical (unpaired) electrons. The zero-order valence-corrected chi connectivity index (χ0v) is 17.3. The van der Waals surface area contributed by atoms with Crippen molar-refractivity contribution in [3.05, 3.63) is 107 Å². The number of aryl methyl sites for hydroxylation is 2. The molecule has 0 aliphatic carbocycles. The molecule has 6 heteroatoms. The summed E-state index contributed by atoms with van der Waals surface area (Å²) in [5.41, 5.74) is 4.73. The highest BCUT2D eigenvalue weighted by molar-refractivity contribution is 6.05. The van der Waals surface area contributed by atoms with Gasteiger partial charge in [0.2, 0.25) is 0 Å². The van der Waals surface area contributed by atoms with E-state index in [-0.39, 0.29) is 11.8 Å². The maximum atomic E-state index is 12.3. The van der Waals surface area contributed by atoms with Crippen molar-refractivity contribution in [2.75, 3.05) is 10.6 Å². The summed E-state index contributed by atoms with van der Waals surface area (Å²) >= 11 is 0. The molecule has 6 nitrogen and oxygen atoms in total. The van der Waals surface area contributed by atoms with Crippen molar-refractivity contribution < 1.29 is 18.4 Å². The molecule has 0 fully saturated rings. The van der Waals surface area contributed by atoms with Gasteiger partial charge in [-0.15, -0.1) is 0 Å². The van der Waals surface area contributed by atoms with E-state index >= 15 is 0 Å². The molecule has 0 atom stereocenters. The smallest absolute Gasteiger partial charge is 0.259 e. The van der Waals surface area contributed by atoms with Crippen LogP contribution in [0.25, 0.3) is 0 Å². The summed E-state index contributed by atoms with van der Waals surface area (Å²) in [6, 6.07) is 18.8. The fourth-order valence-electron chi connectivity index (χ4n) is 3.29. The van der Waals surface area contributed by atoms with Crippen LogP contribution >= 0.6 is 0 Å². The molecule has 31 heavy (non-hydrogen) atoms. The van der Waals surface area contributed by atoms with Gasteiger partial charge in [-0.25, -0.2) is 0 Å². The minimum absolute atomic E-state index is 0.192. The summed E-state index contributed by atoms with van der Waals surface area (Å²) in [4.78, 5) is 24.5. The van der Waals surface area contributed by atoms with Gasteiger partial charge in [0.05, 0.1) is 23.7 Å². The largest absolute Gasteiger partial charge is 0.469 e. The minimum Gasteiger partial charge on any atom is -0.469 e. The molecule has 156 valence electrons. The summed E-state index contributed by atoms with van der Waals surface area (Å²) in [6.07, 6.45) is 3.75. The van der Waals surface area contributed by atoms with Gasteiger partial charge in [0.1, 0.15) is 11.5 Å². The van der Waals surface area contributed by atoms with E-state index in [2.05, 4.69) is 10.6 Å². The number of rotatable bonds is 6. The first kappa shape index (κ1) is 20.2. The topological polar surface area (TPSA) is 84.5 Å². The third-order valence-electron chi connectivity index (χ3n) is 5.04. The van der Waals surface area contributed by atoms with E-state index < -0.39 is 0 Å². The van der Waals surface area contributed by atoms with Crippen molar-refractivity contribution in [2.24, 2.45) is 0 Å². The Morgan fingerprint density at radius 3 is 1.35 bits per heavy atom. The normalized spacial score (nSPS) is 10.6. The lowest BCUT2D eigenvalue weighted by Gasteiger charge is -2.08. The van der Waals surface area contributed by atoms with Gasteiger partial charge in [-0.1, -0.05) is 24.3 Å². The molecule has 0 aliphatic heterocycles. The molecular weight excluding hydrogens is 392 g/mol. The fourth-order valence-corrected chi connectivity index (χ4v) is 3.29. The first-order valence-electron chi connectivity index (χ1n) is 9.88. The SMILES string of the molecule is Cc1occc1C(=O)Nc1ccc(Cc2ccc(NC(=O)c3ccoc3C)cc2)cc1. The van der Waals surface area contributed by atoms with Gasteiger partial charge in [0, 0.05) is 11.4 Å². The Balaban J connectivity index is 1.35. The van der Waals surface area contributed by atoms with Crippen molar-refractivity contribution in [3.8, 4) is 0 Å². The van der Waals surface area contributed by atoms with Crippen LogP contribution in [0.5, 0.6) is 0 Å². The van der Waals surface area contributed by atoms with Crippen LogP contribution in [0.2, 0.25) is 0 Å². The molecule has 2 N–H and O–H groups in total. The van der Waals surface area contributed by atoms with E-state index in [1.54, 1.807) is 26.0 Å². The van der Waals surface area contributed by atoms with E-state index in [1.165, 1.54) is 12.5 Å². The van der Waals surface area contributed by atoms with Crippen LogP contribution in [0, 0.1) is 13.8 Å².